The zero-order chi connectivity index (χ0) is 12.7. The number of aromatic nitrogens is 3. The van der Waals surface area contributed by atoms with E-state index in [4.69, 9.17) is 0 Å². The highest BCUT2D eigenvalue weighted by molar-refractivity contribution is 5.51. The summed E-state index contributed by atoms with van der Waals surface area (Å²) in [6.45, 7) is 8.48. The van der Waals surface area contributed by atoms with Crippen LogP contribution in [-0.4, -0.2) is 39.8 Å². The summed E-state index contributed by atoms with van der Waals surface area (Å²) in [6, 6.07) is 5.05. The zero-order valence-corrected chi connectivity index (χ0v) is 11.1. The molecular formula is C13H19N5. The third-order valence-electron chi connectivity index (χ3n) is 3.35. The molecule has 18 heavy (non-hydrogen) atoms. The number of nitrogens with zero attached hydrogens (tertiary/aromatic N) is 4. The Morgan fingerprint density at radius 1 is 1.28 bits per heavy atom. The van der Waals surface area contributed by atoms with E-state index >= 15 is 0 Å². The smallest absolute Gasteiger partial charge is 0.157 e. The highest BCUT2D eigenvalue weighted by Crippen LogP contribution is 2.19. The Bertz CT molecular complexity index is 552. The van der Waals surface area contributed by atoms with Crippen LogP contribution in [0.3, 0.4) is 0 Å². The minimum atomic E-state index is 0.493. The molecule has 1 aliphatic rings. The molecule has 5 nitrogen and oxygen atoms in total. The number of piperazine rings is 1. The lowest BCUT2D eigenvalue weighted by Gasteiger charge is -2.37. The Balaban J connectivity index is 2.05. The summed E-state index contributed by atoms with van der Waals surface area (Å²) in [4.78, 5) is 6.88. The number of hydrogen-bond acceptors (Lipinski definition) is 4. The molecule has 3 rings (SSSR count). The molecule has 0 spiro atoms. The summed E-state index contributed by atoms with van der Waals surface area (Å²) >= 11 is 0. The van der Waals surface area contributed by atoms with E-state index in [0.29, 0.717) is 12.1 Å². The van der Waals surface area contributed by atoms with Crippen LogP contribution in [0.1, 0.15) is 19.5 Å². The zero-order valence-electron chi connectivity index (χ0n) is 11.1. The number of rotatable bonds is 1. The monoisotopic (exact) mass is 245 g/mol. The molecule has 0 amide bonds. The standard InChI is InChI=1S/C13H19N5/c1-9-6-13(18-12(16-9)4-5-14-18)17-7-10(2)15-11(3)8-17/h4-6,10-11,15H,7-8H2,1-3H3. The summed E-state index contributed by atoms with van der Waals surface area (Å²) < 4.78 is 1.93. The van der Waals surface area contributed by atoms with Gasteiger partial charge in [-0.25, -0.2) is 4.98 Å². The van der Waals surface area contributed by atoms with Crippen molar-refractivity contribution >= 4 is 11.5 Å². The van der Waals surface area contributed by atoms with Gasteiger partial charge in [0.05, 0.1) is 6.20 Å². The predicted molar refractivity (Wildman–Crippen MR) is 72.0 cm³/mol. The van der Waals surface area contributed by atoms with E-state index in [1.807, 2.05) is 17.5 Å². The molecule has 1 saturated heterocycles. The molecule has 0 radical (unpaired) electrons. The lowest BCUT2D eigenvalue weighted by atomic mass is 10.1. The van der Waals surface area contributed by atoms with Gasteiger partial charge in [0.15, 0.2) is 5.65 Å². The summed E-state index contributed by atoms with van der Waals surface area (Å²) in [5.74, 6) is 1.14. The minimum absolute atomic E-state index is 0.493. The Hall–Kier alpha value is -1.62. The lowest BCUT2D eigenvalue weighted by molar-refractivity contribution is 0.403. The van der Waals surface area contributed by atoms with Crippen LogP contribution in [0.2, 0.25) is 0 Å². The summed E-state index contributed by atoms with van der Waals surface area (Å²) in [5, 5.41) is 7.93. The Kier molecular flexibility index (Phi) is 2.70. The normalized spacial score (nSPS) is 24.7. The first-order valence-corrected chi connectivity index (χ1v) is 6.46. The second-order valence-electron chi connectivity index (χ2n) is 5.23. The van der Waals surface area contributed by atoms with Crippen molar-refractivity contribution in [2.75, 3.05) is 18.0 Å². The van der Waals surface area contributed by atoms with Crippen LogP contribution in [0.5, 0.6) is 0 Å². The maximum absolute atomic E-state index is 4.49. The first-order valence-electron chi connectivity index (χ1n) is 6.46. The van der Waals surface area contributed by atoms with Crippen LogP contribution >= 0.6 is 0 Å². The van der Waals surface area contributed by atoms with Crippen molar-refractivity contribution in [3.05, 3.63) is 24.0 Å². The van der Waals surface area contributed by atoms with Crippen molar-refractivity contribution in [1.82, 2.24) is 19.9 Å². The van der Waals surface area contributed by atoms with Gasteiger partial charge in [0.1, 0.15) is 5.82 Å². The van der Waals surface area contributed by atoms with Crippen molar-refractivity contribution in [1.29, 1.82) is 0 Å². The summed E-state index contributed by atoms with van der Waals surface area (Å²) in [7, 11) is 0. The predicted octanol–water partition coefficient (Wildman–Crippen LogP) is 1.22. The highest BCUT2D eigenvalue weighted by atomic mass is 15.4. The Morgan fingerprint density at radius 2 is 2.00 bits per heavy atom. The van der Waals surface area contributed by atoms with Gasteiger partial charge in [-0.15, -0.1) is 0 Å². The topological polar surface area (TPSA) is 45.5 Å². The number of aryl methyl sites for hydroxylation is 1. The molecule has 3 heterocycles. The van der Waals surface area contributed by atoms with Gasteiger partial charge in [-0.3, -0.25) is 0 Å². The molecule has 1 N–H and O–H groups in total. The van der Waals surface area contributed by atoms with Crippen LogP contribution in [-0.2, 0) is 0 Å². The molecule has 1 fully saturated rings. The molecule has 1 aliphatic heterocycles. The molecule has 0 bridgehead atoms. The Labute approximate surface area is 107 Å². The van der Waals surface area contributed by atoms with Crippen LogP contribution in [0.25, 0.3) is 5.65 Å². The van der Waals surface area contributed by atoms with Crippen molar-refractivity contribution < 1.29 is 0 Å². The molecule has 2 unspecified atom stereocenters. The van der Waals surface area contributed by atoms with Crippen LogP contribution in [0.4, 0.5) is 5.82 Å². The van der Waals surface area contributed by atoms with Crippen LogP contribution < -0.4 is 10.2 Å². The summed E-state index contributed by atoms with van der Waals surface area (Å²) in [6.07, 6.45) is 1.81. The van der Waals surface area contributed by atoms with E-state index < -0.39 is 0 Å². The van der Waals surface area contributed by atoms with Crippen molar-refractivity contribution in [2.45, 2.75) is 32.9 Å². The fourth-order valence-corrected chi connectivity index (χ4v) is 2.76. The molecule has 96 valence electrons. The van der Waals surface area contributed by atoms with E-state index in [0.717, 1.165) is 30.2 Å². The average Bonchev–Trinajstić information content (AvgIpc) is 2.74. The lowest BCUT2D eigenvalue weighted by Crippen LogP contribution is -2.54. The molecular weight excluding hydrogens is 226 g/mol. The molecule has 5 heteroatoms. The van der Waals surface area contributed by atoms with E-state index in [-0.39, 0.29) is 0 Å². The van der Waals surface area contributed by atoms with E-state index in [1.165, 1.54) is 0 Å². The van der Waals surface area contributed by atoms with Crippen LogP contribution in [0.15, 0.2) is 18.3 Å². The first kappa shape index (κ1) is 11.5. The van der Waals surface area contributed by atoms with Gasteiger partial charge in [-0.2, -0.15) is 9.61 Å². The number of hydrogen-bond donors (Lipinski definition) is 1. The van der Waals surface area contributed by atoms with Gasteiger partial charge in [-0.05, 0) is 20.8 Å². The SMILES string of the molecule is Cc1cc(N2CC(C)NC(C)C2)n2nccc2n1. The highest BCUT2D eigenvalue weighted by Gasteiger charge is 2.23. The fraction of sp³-hybridized carbons (Fsp3) is 0.538. The van der Waals surface area contributed by atoms with Gasteiger partial charge < -0.3 is 10.2 Å². The van der Waals surface area contributed by atoms with Crippen molar-refractivity contribution in [3.63, 3.8) is 0 Å². The molecule has 2 aromatic rings. The quantitative estimate of drug-likeness (QED) is 0.820. The Morgan fingerprint density at radius 3 is 2.72 bits per heavy atom. The average molecular weight is 245 g/mol. The first-order chi connectivity index (χ1) is 8.63. The van der Waals surface area contributed by atoms with Gasteiger partial charge in [0, 0.05) is 43.0 Å². The van der Waals surface area contributed by atoms with Gasteiger partial charge >= 0.3 is 0 Å². The third-order valence-corrected chi connectivity index (χ3v) is 3.35. The number of nitrogens with one attached hydrogen (secondary N) is 1. The third kappa shape index (κ3) is 1.95. The number of fused-ring (bicyclic) bond motifs is 1. The van der Waals surface area contributed by atoms with E-state index in [2.05, 4.69) is 40.2 Å². The van der Waals surface area contributed by atoms with E-state index in [1.54, 1.807) is 6.20 Å². The molecule has 2 aromatic heterocycles. The second-order valence-corrected chi connectivity index (χ2v) is 5.23. The minimum Gasteiger partial charge on any atom is -0.353 e. The van der Waals surface area contributed by atoms with Crippen molar-refractivity contribution in [2.24, 2.45) is 0 Å². The van der Waals surface area contributed by atoms with Gasteiger partial charge in [0.2, 0.25) is 0 Å². The van der Waals surface area contributed by atoms with Crippen molar-refractivity contribution in [3.8, 4) is 0 Å². The maximum atomic E-state index is 4.49. The molecule has 2 atom stereocenters. The largest absolute Gasteiger partial charge is 0.353 e. The number of anilines is 1. The van der Waals surface area contributed by atoms with E-state index in [9.17, 15) is 0 Å². The van der Waals surface area contributed by atoms with Gasteiger partial charge in [0.25, 0.3) is 0 Å². The second kappa shape index (κ2) is 4.24. The summed E-state index contributed by atoms with van der Waals surface area (Å²) in [5.41, 5.74) is 1.96. The fourth-order valence-electron chi connectivity index (χ4n) is 2.76. The molecule has 0 aromatic carbocycles. The maximum Gasteiger partial charge on any atom is 0.157 e. The van der Waals surface area contributed by atoms with Gasteiger partial charge in [-0.1, -0.05) is 0 Å². The molecule has 0 aliphatic carbocycles. The van der Waals surface area contributed by atoms with Crippen LogP contribution in [0, 0.1) is 6.92 Å². The molecule has 0 saturated carbocycles.